The van der Waals surface area contributed by atoms with E-state index in [1.165, 1.54) is 12.0 Å². The van der Waals surface area contributed by atoms with E-state index in [4.69, 9.17) is 9.72 Å². The van der Waals surface area contributed by atoms with Crippen molar-refractivity contribution in [2.24, 2.45) is 0 Å². The summed E-state index contributed by atoms with van der Waals surface area (Å²) >= 11 is 0. The molecule has 2 aliphatic rings. The van der Waals surface area contributed by atoms with Gasteiger partial charge in [-0.1, -0.05) is 44.6 Å². The van der Waals surface area contributed by atoms with Crippen LogP contribution in [0.4, 0.5) is 16.3 Å². The molecule has 0 saturated carbocycles. The lowest BCUT2D eigenvalue weighted by Gasteiger charge is -2.32. The van der Waals surface area contributed by atoms with Gasteiger partial charge in [0.1, 0.15) is 11.6 Å². The lowest BCUT2D eigenvalue weighted by molar-refractivity contribution is -0.122. The number of hydrogen-bond acceptors (Lipinski definition) is 7. The van der Waals surface area contributed by atoms with Crippen LogP contribution in [-0.4, -0.2) is 57.9 Å². The molecular weight excluding hydrogens is 532 g/mol. The summed E-state index contributed by atoms with van der Waals surface area (Å²) in [4.78, 5) is 51.2. The molecule has 1 unspecified atom stereocenters. The van der Waals surface area contributed by atoms with E-state index in [-0.39, 0.29) is 18.5 Å². The second-order valence-corrected chi connectivity index (χ2v) is 10.5. The molecule has 0 radical (unpaired) electrons. The quantitative estimate of drug-likeness (QED) is 0.279. The molecule has 0 spiro atoms. The predicted octanol–water partition coefficient (Wildman–Crippen LogP) is 4.18. The number of ether oxygens (including phenoxy) is 1. The number of methoxy groups -OCH3 is 1. The Kier molecular flexibility index (Phi) is 8.38. The van der Waals surface area contributed by atoms with Crippen molar-refractivity contribution in [1.82, 2.24) is 25.5 Å². The maximum Gasteiger partial charge on any atom is 0.323 e. The SMILES string of the molecule is CCCC(CCC)N(c1cccnc1)c1ccc(C#CC2(CN3Cc4ccc(OC)cc4C3=O)NC(=O)NC2=O)cn1. The number of hydrogen-bond donors (Lipinski definition) is 2. The number of carbonyl (C=O) groups is 3. The highest BCUT2D eigenvalue weighted by Crippen LogP contribution is 2.30. The lowest BCUT2D eigenvalue weighted by atomic mass is 9.99. The molecule has 1 fully saturated rings. The van der Waals surface area contributed by atoms with Crippen molar-refractivity contribution in [3.8, 4) is 17.6 Å². The first-order valence-electron chi connectivity index (χ1n) is 14.2. The minimum Gasteiger partial charge on any atom is -0.497 e. The standard InChI is InChI=1S/C32H34N6O4/c1-4-7-24(8-5-2)38(25-9-6-16-33-19-25)28-13-10-22(18-34-28)14-15-32(30(40)35-31(41)36-32)21-37-20-23-11-12-26(42-3)17-27(23)29(37)39/h6,9-13,16-19,24H,4-5,7-8,20-21H2,1-3H3,(H2,35,36,40,41). The second-order valence-electron chi connectivity index (χ2n) is 10.5. The van der Waals surface area contributed by atoms with Crippen LogP contribution in [0.3, 0.4) is 0 Å². The number of imide groups is 1. The Bertz CT molecular complexity index is 1530. The molecule has 2 N–H and O–H groups in total. The summed E-state index contributed by atoms with van der Waals surface area (Å²) in [6, 6.07) is 12.6. The van der Waals surface area contributed by atoms with Gasteiger partial charge in [0.05, 0.1) is 25.5 Å². The molecule has 2 aromatic heterocycles. The third-order valence-electron chi connectivity index (χ3n) is 7.51. The van der Waals surface area contributed by atoms with Crippen molar-refractivity contribution in [3.05, 3.63) is 77.7 Å². The number of rotatable bonds is 10. The predicted molar refractivity (Wildman–Crippen MR) is 158 cm³/mol. The van der Waals surface area contributed by atoms with Crippen LogP contribution in [-0.2, 0) is 11.3 Å². The van der Waals surface area contributed by atoms with Crippen LogP contribution in [0.2, 0.25) is 0 Å². The number of anilines is 2. The Balaban J connectivity index is 1.41. The van der Waals surface area contributed by atoms with Crippen LogP contribution in [0.25, 0.3) is 0 Å². The molecule has 4 amide bonds. The number of nitrogens with one attached hydrogen (secondary N) is 2. The van der Waals surface area contributed by atoms with Gasteiger partial charge < -0.3 is 19.9 Å². The molecular formula is C32H34N6O4. The minimum absolute atomic E-state index is 0.108. The van der Waals surface area contributed by atoms with E-state index in [1.807, 2.05) is 36.5 Å². The molecule has 216 valence electrons. The number of carbonyl (C=O) groups excluding carboxylic acids is 3. The highest BCUT2D eigenvalue weighted by Gasteiger charge is 2.48. The van der Waals surface area contributed by atoms with Gasteiger partial charge in [0.2, 0.25) is 5.54 Å². The summed E-state index contributed by atoms with van der Waals surface area (Å²) in [5, 5.41) is 4.92. The molecule has 0 bridgehead atoms. The molecule has 5 rings (SSSR count). The molecule has 1 aromatic carbocycles. The van der Waals surface area contributed by atoms with Gasteiger partial charge in [0.15, 0.2) is 0 Å². The fourth-order valence-corrected chi connectivity index (χ4v) is 5.49. The molecule has 10 nitrogen and oxygen atoms in total. The van der Waals surface area contributed by atoms with Crippen molar-refractivity contribution in [3.63, 3.8) is 0 Å². The van der Waals surface area contributed by atoms with E-state index in [9.17, 15) is 14.4 Å². The zero-order valence-corrected chi connectivity index (χ0v) is 24.0. The highest BCUT2D eigenvalue weighted by atomic mass is 16.5. The van der Waals surface area contributed by atoms with Gasteiger partial charge in [-0.3, -0.25) is 19.9 Å². The summed E-state index contributed by atoms with van der Waals surface area (Å²) in [5.74, 6) is 6.46. The van der Waals surface area contributed by atoms with Gasteiger partial charge in [-0.25, -0.2) is 9.78 Å². The summed E-state index contributed by atoms with van der Waals surface area (Å²) in [6.45, 7) is 4.54. The average molecular weight is 567 g/mol. The Morgan fingerprint density at radius 3 is 2.52 bits per heavy atom. The largest absolute Gasteiger partial charge is 0.497 e. The fraction of sp³-hybridized carbons (Fsp3) is 0.344. The van der Waals surface area contributed by atoms with Crippen LogP contribution < -0.4 is 20.3 Å². The van der Waals surface area contributed by atoms with Crippen LogP contribution >= 0.6 is 0 Å². The topological polar surface area (TPSA) is 117 Å². The first-order valence-corrected chi connectivity index (χ1v) is 14.2. The van der Waals surface area contributed by atoms with Crippen LogP contribution in [0.5, 0.6) is 5.75 Å². The summed E-state index contributed by atoms with van der Waals surface area (Å²) in [5.41, 5.74) is 1.25. The zero-order chi connectivity index (χ0) is 29.7. The Labute approximate surface area is 245 Å². The van der Waals surface area contributed by atoms with Crippen molar-refractivity contribution in [2.45, 2.75) is 57.7 Å². The lowest BCUT2D eigenvalue weighted by Crippen LogP contribution is -2.54. The normalized spacial score (nSPS) is 17.4. The molecule has 4 heterocycles. The average Bonchev–Trinajstić information content (AvgIpc) is 3.46. The van der Waals surface area contributed by atoms with Gasteiger partial charge in [0, 0.05) is 36.1 Å². The first-order chi connectivity index (χ1) is 20.4. The number of pyridine rings is 2. The number of urea groups is 1. The minimum atomic E-state index is -1.60. The molecule has 0 aliphatic carbocycles. The fourth-order valence-electron chi connectivity index (χ4n) is 5.49. The number of benzene rings is 1. The molecule has 3 aromatic rings. The molecule has 42 heavy (non-hydrogen) atoms. The van der Waals surface area contributed by atoms with Crippen LogP contribution in [0.15, 0.2) is 61.1 Å². The Morgan fingerprint density at radius 2 is 1.90 bits per heavy atom. The first kappa shape index (κ1) is 28.6. The number of aromatic nitrogens is 2. The van der Waals surface area contributed by atoms with E-state index in [1.54, 1.807) is 24.5 Å². The van der Waals surface area contributed by atoms with Crippen LogP contribution in [0, 0.1) is 11.8 Å². The third kappa shape index (κ3) is 5.77. The maximum absolute atomic E-state index is 13.2. The van der Waals surface area contributed by atoms with E-state index < -0.39 is 17.5 Å². The van der Waals surface area contributed by atoms with E-state index >= 15 is 0 Å². The van der Waals surface area contributed by atoms with Gasteiger partial charge >= 0.3 is 6.03 Å². The second kappa shape index (κ2) is 12.3. The van der Waals surface area contributed by atoms with Gasteiger partial charge in [-0.05, 0) is 54.8 Å². The Morgan fingerprint density at radius 1 is 1.10 bits per heavy atom. The molecule has 2 aliphatic heterocycles. The summed E-state index contributed by atoms with van der Waals surface area (Å²) in [7, 11) is 1.54. The molecule has 10 heteroatoms. The van der Waals surface area contributed by atoms with Crippen LogP contribution in [0.1, 0.15) is 61.0 Å². The number of amides is 4. The van der Waals surface area contributed by atoms with E-state index in [0.29, 0.717) is 23.4 Å². The number of nitrogens with zero attached hydrogens (tertiary/aromatic N) is 4. The zero-order valence-electron chi connectivity index (χ0n) is 24.0. The monoisotopic (exact) mass is 566 g/mol. The van der Waals surface area contributed by atoms with E-state index in [0.717, 1.165) is 42.8 Å². The summed E-state index contributed by atoms with van der Waals surface area (Å²) < 4.78 is 5.25. The highest BCUT2D eigenvalue weighted by molar-refractivity contribution is 6.10. The van der Waals surface area contributed by atoms with Crippen molar-refractivity contribution >= 4 is 29.4 Å². The van der Waals surface area contributed by atoms with Crippen molar-refractivity contribution in [2.75, 3.05) is 18.6 Å². The maximum atomic E-state index is 13.2. The third-order valence-corrected chi connectivity index (χ3v) is 7.51. The number of fused-ring (bicyclic) bond motifs is 1. The Hall–Kier alpha value is -4.91. The summed E-state index contributed by atoms with van der Waals surface area (Å²) in [6.07, 6.45) is 9.35. The van der Waals surface area contributed by atoms with Crippen molar-refractivity contribution < 1.29 is 19.1 Å². The van der Waals surface area contributed by atoms with Gasteiger partial charge in [-0.15, -0.1) is 0 Å². The molecule has 1 saturated heterocycles. The smallest absolute Gasteiger partial charge is 0.323 e. The van der Waals surface area contributed by atoms with Gasteiger partial charge in [0.25, 0.3) is 11.8 Å². The van der Waals surface area contributed by atoms with Crippen molar-refractivity contribution in [1.29, 1.82) is 0 Å². The molecule has 1 atom stereocenters. The van der Waals surface area contributed by atoms with E-state index in [2.05, 4.69) is 46.2 Å². The van der Waals surface area contributed by atoms with Gasteiger partial charge in [-0.2, -0.15) is 0 Å².